The zero-order chi connectivity index (χ0) is 22.7. The third kappa shape index (κ3) is 7.69. The fourth-order valence-corrected chi connectivity index (χ4v) is 2.81. The van der Waals surface area contributed by atoms with Crippen molar-refractivity contribution in [2.75, 3.05) is 19.1 Å². The second-order valence-electron chi connectivity index (χ2n) is 5.95. The van der Waals surface area contributed by atoms with Crippen molar-refractivity contribution in [2.45, 2.75) is 27.3 Å². The summed E-state index contributed by atoms with van der Waals surface area (Å²) in [7, 11) is 1.37. The summed E-state index contributed by atoms with van der Waals surface area (Å²) in [5, 5.41) is 3.89. The first-order chi connectivity index (χ1) is 14.3. The molecule has 0 bridgehead atoms. The first kappa shape index (κ1) is 25.5. The zero-order valence-electron chi connectivity index (χ0n) is 17.5. The highest BCUT2D eigenvalue weighted by Gasteiger charge is 2.12. The van der Waals surface area contributed by atoms with Crippen LogP contribution in [0.15, 0.2) is 53.3 Å². The summed E-state index contributed by atoms with van der Waals surface area (Å²) in [5.74, 6) is -1.07. The fraction of sp³-hybridized carbons (Fsp3) is 0.273. The first-order valence-corrected chi connectivity index (χ1v) is 10.0. The molecule has 2 aromatic carbocycles. The third-order valence-corrected chi connectivity index (χ3v) is 4.44. The number of benzene rings is 2. The number of rotatable bonds is 8. The SMILES string of the molecule is C=NC(=O)/C(=C\N(CNc1cc(Cl)ccc1C)Cc1ccc(F)c(Cl)c1)OC.CC. The molecular formula is C22H26Cl2FN3O2. The van der Waals surface area contributed by atoms with Crippen LogP contribution in [0.2, 0.25) is 10.0 Å². The minimum Gasteiger partial charge on any atom is -0.490 e. The summed E-state index contributed by atoms with van der Waals surface area (Å²) in [5.41, 5.74) is 2.60. The summed E-state index contributed by atoms with van der Waals surface area (Å²) in [6, 6.07) is 9.95. The van der Waals surface area contributed by atoms with Crippen LogP contribution in [0.4, 0.5) is 10.1 Å². The number of methoxy groups -OCH3 is 1. The van der Waals surface area contributed by atoms with Crippen LogP contribution in [-0.4, -0.2) is 31.3 Å². The molecule has 162 valence electrons. The number of hydrogen-bond acceptors (Lipinski definition) is 4. The molecule has 1 N–H and O–H groups in total. The third-order valence-electron chi connectivity index (χ3n) is 3.92. The first-order valence-electron chi connectivity index (χ1n) is 9.29. The predicted octanol–water partition coefficient (Wildman–Crippen LogP) is 6.05. The molecule has 0 saturated carbocycles. The summed E-state index contributed by atoms with van der Waals surface area (Å²) in [6.45, 7) is 9.83. The highest BCUT2D eigenvalue weighted by atomic mass is 35.5. The van der Waals surface area contributed by atoms with Crippen molar-refractivity contribution in [1.82, 2.24) is 4.90 Å². The van der Waals surface area contributed by atoms with E-state index < -0.39 is 11.7 Å². The quantitative estimate of drug-likeness (QED) is 0.228. The van der Waals surface area contributed by atoms with Gasteiger partial charge in [0.15, 0.2) is 0 Å². The van der Waals surface area contributed by atoms with E-state index in [0.717, 1.165) is 16.8 Å². The number of ether oxygens (including phenoxy) is 1. The number of aryl methyl sites for hydroxylation is 1. The molecule has 0 fully saturated rings. The van der Waals surface area contributed by atoms with Gasteiger partial charge in [0.2, 0.25) is 5.76 Å². The molecule has 1 amide bonds. The van der Waals surface area contributed by atoms with Crippen LogP contribution in [0.5, 0.6) is 0 Å². The highest BCUT2D eigenvalue weighted by Crippen LogP contribution is 2.21. The molecule has 0 heterocycles. The van der Waals surface area contributed by atoms with E-state index in [0.29, 0.717) is 18.2 Å². The van der Waals surface area contributed by atoms with Gasteiger partial charge in [-0.25, -0.2) is 9.38 Å². The number of aliphatic imine (C=N–C) groups is 1. The number of halogens is 3. The molecule has 2 aromatic rings. The molecule has 30 heavy (non-hydrogen) atoms. The fourth-order valence-electron chi connectivity index (χ4n) is 2.43. The van der Waals surface area contributed by atoms with Gasteiger partial charge >= 0.3 is 5.91 Å². The molecule has 0 unspecified atom stereocenters. The van der Waals surface area contributed by atoms with E-state index in [2.05, 4.69) is 17.0 Å². The number of carbonyl (C=O) groups excluding carboxylic acids is 1. The van der Waals surface area contributed by atoms with Crippen LogP contribution in [0, 0.1) is 12.7 Å². The van der Waals surface area contributed by atoms with E-state index in [1.165, 1.54) is 25.4 Å². The summed E-state index contributed by atoms with van der Waals surface area (Å²) in [4.78, 5) is 17.0. The molecule has 0 spiro atoms. The topological polar surface area (TPSA) is 53.9 Å². The van der Waals surface area contributed by atoms with E-state index in [9.17, 15) is 9.18 Å². The smallest absolute Gasteiger partial charge is 0.312 e. The van der Waals surface area contributed by atoms with E-state index in [1.54, 1.807) is 23.1 Å². The Kier molecular flexibility index (Phi) is 10.9. The van der Waals surface area contributed by atoms with Crippen molar-refractivity contribution in [2.24, 2.45) is 4.99 Å². The summed E-state index contributed by atoms with van der Waals surface area (Å²) < 4.78 is 18.5. The molecule has 8 heteroatoms. The van der Waals surface area contributed by atoms with Crippen molar-refractivity contribution in [1.29, 1.82) is 0 Å². The van der Waals surface area contributed by atoms with Gasteiger partial charge in [-0.1, -0.05) is 49.2 Å². The van der Waals surface area contributed by atoms with Crippen molar-refractivity contribution in [3.8, 4) is 0 Å². The minimum absolute atomic E-state index is 0.0211. The van der Waals surface area contributed by atoms with Crippen molar-refractivity contribution < 1.29 is 13.9 Å². The zero-order valence-corrected chi connectivity index (χ0v) is 19.0. The lowest BCUT2D eigenvalue weighted by molar-refractivity contribution is -0.117. The maximum atomic E-state index is 13.4. The van der Waals surface area contributed by atoms with E-state index in [1.807, 2.05) is 26.8 Å². The molecule has 0 aliphatic carbocycles. The second-order valence-corrected chi connectivity index (χ2v) is 6.79. The Morgan fingerprint density at radius 1 is 1.27 bits per heavy atom. The Labute approximate surface area is 187 Å². The van der Waals surface area contributed by atoms with Crippen molar-refractivity contribution >= 4 is 41.5 Å². The Morgan fingerprint density at radius 3 is 2.57 bits per heavy atom. The van der Waals surface area contributed by atoms with Crippen molar-refractivity contribution in [3.63, 3.8) is 0 Å². The molecule has 2 rings (SSSR count). The summed E-state index contributed by atoms with van der Waals surface area (Å²) >= 11 is 11.9. The summed E-state index contributed by atoms with van der Waals surface area (Å²) in [6.07, 6.45) is 1.52. The molecule has 0 aromatic heterocycles. The van der Waals surface area contributed by atoms with Gasteiger partial charge in [-0.15, -0.1) is 0 Å². The van der Waals surface area contributed by atoms with Crippen LogP contribution >= 0.6 is 23.2 Å². The number of amides is 1. The second kappa shape index (κ2) is 12.9. The average Bonchev–Trinajstić information content (AvgIpc) is 2.75. The Balaban J connectivity index is 0.00000218. The predicted molar refractivity (Wildman–Crippen MR) is 123 cm³/mol. The maximum Gasteiger partial charge on any atom is 0.312 e. The molecule has 0 saturated heterocycles. The molecule has 5 nitrogen and oxygen atoms in total. The lowest BCUT2D eigenvalue weighted by atomic mass is 10.2. The maximum absolute atomic E-state index is 13.4. The Morgan fingerprint density at radius 2 is 1.97 bits per heavy atom. The van der Waals surface area contributed by atoms with Gasteiger partial charge < -0.3 is 15.0 Å². The largest absolute Gasteiger partial charge is 0.490 e. The van der Waals surface area contributed by atoms with Gasteiger partial charge in [-0.3, -0.25) is 4.79 Å². The van der Waals surface area contributed by atoms with Gasteiger partial charge in [-0.05, 0) is 49.0 Å². The van der Waals surface area contributed by atoms with Crippen LogP contribution in [0.25, 0.3) is 0 Å². The van der Waals surface area contributed by atoms with Gasteiger partial charge in [0.05, 0.1) is 18.8 Å². The number of nitrogens with zero attached hydrogens (tertiary/aromatic N) is 2. The van der Waals surface area contributed by atoms with Gasteiger partial charge in [0, 0.05) is 23.5 Å². The molecule has 0 aliphatic rings. The monoisotopic (exact) mass is 453 g/mol. The van der Waals surface area contributed by atoms with Crippen LogP contribution in [0.3, 0.4) is 0 Å². The molecule has 0 atom stereocenters. The number of anilines is 1. The van der Waals surface area contributed by atoms with Gasteiger partial charge in [0.25, 0.3) is 0 Å². The van der Waals surface area contributed by atoms with Crippen LogP contribution < -0.4 is 5.32 Å². The Hall–Kier alpha value is -2.57. The normalized spacial score (nSPS) is 10.6. The standard InChI is InChI=1S/C20H20Cl2FN3O2.C2H6/c1-13-4-6-15(21)9-18(13)25-12-26(11-19(28-3)20(27)24-2)10-14-5-7-17(23)16(22)8-14;1-2/h4-9,11,25H,2,10,12H2,1,3H3;1-2H3/b19-11+;. The Bertz CT molecular complexity index is 904. The van der Waals surface area contributed by atoms with Crippen LogP contribution in [-0.2, 0) is 16.1 Å². The van der Waals surface area contributed by atoms with Crippen LogP contribution in [0.1, 0.15) is 25.0 Å². The van der Waals surface area contributed by atoms with E-state index in [4.69, 9.17) is 27.9 Å². The average molecular weight is 454 g/mol. The minimum atomic E-state index is -0.594. The van der Waals surface area contributed by atoms with Crippen molar-refractivity contribution in [3.05, 3.63) is 75.3 Å². The van der Waals surface area contributed by atoms with Gasteiger partial charge in [-0.2, -0.15) is 0 Å². The van der Waals surface area contributed by atoms with E-state index in [-0.39, 0.29) is 10.8 Å². The number of nitrogens with one attached hydrogen (secondary N) is 1. The lowest BCUT2D eigenvalue weighted by Gasteiger charge is -2.23. The molecule has 0 radical (unpaired) electrons. The lowest BCUT2D eigenvalue weighted by Crippen LogP contribution is -2.26. The van der Waals surface area contributed by atoms with E-state index >= 15 is 0 Å². The molecule has 0 aliphatic heterocycles. The number of carbonyl (C=O) groups is 1. The highest BCUT2D eigenvalue weighted by molar-refractivity contribution is 6.31. The molecular weight excluding hydrogens is 428 g/mol. The number of hydrogen-bond donors (Lipinski definition) is 1. The van der Waals surface area contributed by atoms with Gasteiger partial charge in [0.1, 0.15) is 5.82 Å².